The zero-order valence-corrected chi connectivity index (χ0v) is 6.72. The van der Waals surface area contributed by atoms with E-state index in [2.05, 4.69) is 31.2 Å². The molecule has 1 aliphatic carbocycles. The predicted octanol–water partition coefficient (Wildman–Crippen LogP) is -0.354. The molecule has 10 heavy (non-hydrogen) atoms. The van der Waals surface area contributed by atoms with E-state index in [9.17, 15) is 0 Å². The van der Waals surface area contributed by atoms with Crippen LogP contribution in [0.2, 0.25) is 0 Å². The van der Waals surface area contributed by atoms with Gasteiger partial charge in [-0.15, -0.1) is 18.6 Å². The van der Waals surface area contributed by atoms with E-state index < -0.39 is 0 Å². The third-order valence-corrected chi connectivity index (χ3v) is 1.27. The van der Waals surface area contributed by atoms with Gasteiger partial charge in [-0.2, -0.15) is 11.6 Å². The van der Waals surface area contributed by atoms with Crippen molar-refractivity contribution in [3.8, 4) is 0 Å². The first kappa shape index (κ1) is 9.82. The van der Waals surface area contributed by atoms with E-state index in [1.807, 2.05) is 6.08 Å². The summed E-state index contributed by atoms with van der Waals surface area (Å²) in [6.45, 7) is 2.14. The van der Waals surface area contributed by atoms with Crippen molar-refractivity contribution in [2.24, 2.45) is 0 Å². The Morgan fingerprint density at radius 3 is 3.00 bits per heavy atom. The second-order valence-corrected chi connectivity index (χ2v) is 2.07. The van der Waals surface area contributed by atoms with Crippen LogP contribution in [-0.2, 0) is 0 Å². The van der Waals surface area contributed by atoms with Crippen LogP contribution in [0.1, 0.15) is 19.8 Å². The van der Waals surface area contributed by atoms with Crippen molar-refractivity contribution < 1.29 is 18.9 Å². The average Bonchev–Trinajstić information content (AvgIpc) is 2.34. The van der Waals surface area contributed by atoms with Crippen molar-refractivity contribution in [1.29, 1.82) is 0 Å². The molecular weight excluding hydrogens is 115 g/mol. The fourth-order valence-electron chi connectivity index (χ4n) is 0.783. The molecular formula is C9H11Li. The normalized spacial score (nSPS) is 15.5. The van der Waals surface area contributed by atoms with E-state index in [1.54, 1.807) is 0 Å². The van der Waals surface area contributed by atoms with E-state index in [1.165, 1.54) is 5.57 Å². The molecule has 0 spiro atoms. The molecule has 0 saturated heterocycles. The molecule has 48 valence electrons. The first-order valence-corrected chi connectivity index (χ1v) is 3.37. The van der Waals surface area contributed by atoms with Crippen LogP contribution in [0.15, 0.2) is 29.9 Å². The molecule has 0 aromatic heterocycles. The monoisotopic (exact) mass is 126 g/mol. The summed E-state index contributed by atoms with van der Waals surface area (Å²) in [5, 5.41) is 0. The Kier molecular flexibility index (Phi) is 5.49. The Morgan fingerprint density at radius 1 is 1.70 bits per heavy atom. The predicted molar refractivity (Wildman–Crippen MR) is 39.9 cm³/mol. The topological polar surface area (TPSA) is 0 Å². The molecule has 0 bridgehead atoms. The van der Waals surface area contributed by atoms with Gasteiger partial charge < -0.3 is 0 Å². The molecule has 1 rings (SSSR count). The van der Waals surface area contributed by atoms with Crippen LogP contribution >= 0.6 is 0 Å². The quantitative estimate of drug-likeness (QED) is 0.350. The minimum atomic E-state index is 0. The van der Waals surface area contributed by atoms with Crippen LogP contribution in [0, 0.1) is 6.08 Å². The molecule has 0 aliphatic heterocycles. The molecule has 0 unspecified atom stereocenters. The van der Waals surface area contributed by atoms with Gasteiger partial charge in [0.15, 0.2) is 0 Å². The van der Waals surface area contributed by atoms with E-state index in [4.69, 9.17) is 0 Å². The van der Waals surface area contributed by atoms with Gasteiger partial charge in [-0.05, 0) is 6.42 Å². The van der Waals surface area contributed by atoms with Gasteiger partial charge in [-0.25, -0.2) is 6.08 Å². The summed E-state index contributed by atoms with van der Waals surface area (Å²) >= 11 is 0. The summed E-state index contributed by atoms with van der Waals surface area (Å²) in [5.74, 6) is 0. The van der Waals surface area contributed by atoms with Crippen LogP contribution in [-0.4, -0.2) is 0 Å². The first-order valence-electron chi connectivity index (χ1n) is 3.37. The van der Waals surface area contributed by atoms with E-state index in [0.29, 0.717) is 0 Å². The Hall–Kier alpha value is -0.183. The minimum Gasteiger partial charge on any atom is -0.272 e. The molecule has 0 nitrogen and oxygen atoms in total. The molecule has 0 amide bonds. The van der Waals surface area contributed by atoms with Crippen molar-refractivity contribution in [1.82, 2.24) is 0 Å². The van der Waals surface area contributed by atoms with Gasteiger partial charge in [0.1, 0.15) is 0 Å². The zero-order chi connectivity index (χ0) is 6.53. The van der Waals surface area contributed by atoms with Crippen LogP contribution in [0.4, 0.5) is 0 Å². The van der Waals surface area contributed by atoms with Gasteiger partial charge in [0.05, 0.1) is 0 Å². The number of hydrogen-bond acceptors (Lipinski definition) is 0. The molecule has 0 saturated carbocycles. The maximum atomic E-state index is 3.11. The summed E-state index contributed by atoms with van der Waals surface area (Å²) in [6.07, 6.45) is 13.7. The Labute approximate surface area is 74.9 Å². The van der Waals surface area contributed by atoms with Crippen molar-refractivity contribution in [2.45, 2.75) is 19.8 Å². The molecule has 0 aromatic rings. The summed E-state index contributed by atoms with van der Waals surface area (Å²) in [5.41, 5.74) is 1.30. The molecule has 0 radical (unpaired) electrons. The van der Waals surface area contributed by atoms with Crippen molar-refractivity contribution in [3.63, 3.8) is 0 Å². The number of hydrogen-bond donors (Lipinski definition) is 0. The second kappa shape index (κ2) is 5.59. The van der Waals surface area contributed by atoms with E-state index in [-0.39, 0.29) is 18.9 Å². The Balaban J connectivity index is 0.000000810. The van der Waals surface area contributed by atoms with Gasteiger partial charge in [-0.3, -0.25) is 6.08 Å². The van der Waals surface area contributed by atoms with E-state index >= 15 is 0 Å². The SMILES string of the molecule is CCC=CC1=CC[C-]=C1.[Li+]. The summed E-state index contributed by atoms with van der Waals surface area (Å²) < 4.78 is 0. The standard InChI is InChI=1S/C9H11.Li/c1-2-3-6-9-7-4-5-8-9;/h3,6-8H,2,4H2,1H3;/q-1;+1. The van der Waals surface area contributed by atoms with Crippen LogP contribution in [0.25, 0.3) is 0 Å². The number of allylic oxidation sites excluding steroid dienone is 6. The van der Waals surface area contributed by atoms with Crippen molar-refractivity contribution >= 4 is 0 Å². The molecule has 1 heteroatoms. The second-order valence-electron chi connectivity index (χ2n) is 2.07. The maximum absolute atomic E-state index is 3.11. The van der Waals surface area contributed by atoms with Gasteiger partial charge in [0.25, 0.3) is 0 Å². The summed E-state index contributed by atoms with van der Waals surface area (Å²) in [6, 6.07) is 0. The first-order chi connectivity index (χ1) is 4.43. The molecule has 0 N–H and O–H groups in total. The largest absolute Gasteiger partial charge is 1.00 e. The van der Waals surface area contributed by atoms with Gasteiger partial charge in [-0.1, -0.05) is 6.92 Å². The third-order valence-electron chi connectivity index (χ3n) is 1.27. The smallest absolute Gasteiger partial charge is 0.272 e. The van der Waals surface area contributed by atoms with Gasteiger partial charge in [0.2, 0.25) is 0 Å². The molecule has 1 aliphatic rings. The van der Waals surface area contributed by atoms with Crippen LogP contribution in [0.3, 0.4) is 0 Å². The average molecular weight is 126 g/mol. The van der Waals surface area contributed by atoms with Crippen molar-refractivity contribution in [2.75, 3.05) is 0 Å². The fraction of sp³-hybridized carbons (Fsp3) is 0.333. The Bertz CT molecular complexity index is 164. The Morgan fingerprint density at radius 2 is 2.50 bits per heavy atom. The van der Waals surface area contributed by atoms with E-state index in [0.717, 1.165) is 12.8 Å². The third kappa shape index (κ3) is 3.10. The summed E-state index contributed by atoms with van der Waals surface area (Å²) in [7, 11) is 0. The van der Waals surface area contributed by atoms with Gasteiger partial charge in [0, 0.05) is 0 Å². The molecule has 0 fully saturated rings. The minimum absolute atomic E-state index is 0. The molecule has 0 aromatic carbocycles. The van der Waals surface area contributed by atoms with Crippen LogP contribution in [0.5, 0.6) is 0 Å². The van der Waals surface area contributed by atoms with Crippen LogP contribution < -0.4 is 18.9 Å². The van der Waals surface area contributed by atoms with Gasteiger partial charge >= 0.3 is 18.9 Å². The fourth-order valence-corrected chi connectivity index (χ4v) is 0.783. The molecule has 0 heterocycles. The maximum Gasteiger partial charge on any atom is 1.00 e. The summed E-state index contributed by atoms with van der Waals surface area (Å²) in [4.78, 5) is 0. The number of rotatable bonds is 2. The zero-order valence-electron chi connectivity index (χ0n) is 6.72. The molecule has 0 atom stereocenters. The van der Waals surface area contributed by atoms with Crippen molar-refractivity contribution in [3.05, 3.63) is 36.0 Å².